The van der Waals surface area contributed by atoms with Gasteiger partial charge in [0.05, 0.1) is 20.3 Å². The highest BCUT2D eigenvalue weighted by molar-refractivity contribution is 5.75. The van der Waals surface area contributed by atoms with Gasteiger partial charge in [0.2, 0.25) is 0 Å². The van der Waals surface area contributed by atoms with E-state index in [4.69, 9.17) is 9.47 Å². The lowest BCUT2D eigenvalue weighted by Gasteiger charge is -2.31. The summed E-state index contributed by atoms with van der Waals surface area (Å²) < 4.78 is 10.8. The lowest BCUT2D eigenvalue weighted by atomic mass is 9.89. The third-order valence-corrected chi connectivity index (χ3v) is 6.22. The van der Waals surface area contributed by atoms with E-state index in [0.29, 0.717) is 18.8 Å². The van der Waals surface area contributed by atoms with Crippen LogP contribution in [-0.2, 0) is 25.8 Å². The molecule has 2 aromatic carbocycles. The normalized spacial score (nSPS) is 16.4. The number of urea groups is 1. The Kier molecular flexibility index (Phi) is 5.65. The lowest BCUT2D eigenvalue weighted by molar-refractivity contribution is 0.189. The number of hydrogen-bond donors (Lipinski definition) is 1. The van der Waals surface area contributed by atoms with Gasteiger partial charge in [0.15, 0.2) is 11.5 Å². The van der Waals surface area contributed by atoms with Gasteiger partial charge in [-0.3, -0.25) is 0 Å². The maximum absolute atomic E-state index is 12.9. The van der Waals surface area contributed by atoms with E-state index < -0.39 is 0 Å². The van der Waals surface area contributed by atoms with Crippen molar-refractivity contribution in [2.75, 3.05) is 20.8 Å². The van der Waals surface area contributed by atoms with Gasteiger partial charge < -0.3 is 19.7 Å². The molecular weight excluding hydrogens is 364 g/mol. The first-order chi connectivity index (χ1) is 14.1. The number of ether oxygens (including phenoxy) is 2. The van der Waals surface area contributed by atoms with Crippen molar-refractivity contribution >= 4 is 6.03 Å². The van der Waals surface area contributed by atoms with Gasteiger partial charge >= 0.3 is 6.03 Å². The standard InChI is InChI=1S/C24H30N2O3/c1-16(18-9-8-17-6-4-5-7-19(17)12-18)25-24(27)26-11-10-20-13-22(28-2)23(29-3)14-21(20)15-26/h8-9,12-14,16H,4-7,10-11,15H2,1-3H3,(H,25,27). The van der Waals surface area contributed by atoms with E-state index in [-0.39, 0.29) is 12.1 Å². The van der Waals surface area contributed by atoms with E-state index in [0.717, 1.165) is 24.2 Å². The Morgan fingerprint density at radius 1 is 0.931 bits per heavy atom. The number of carbonyl (C=O) groups is 1. The zero-order chi connectivity index (χ0) is 20.4. The number of amides is 2. The molecule has 0 radical (unpaired) electrons. The fraction of sp³-hybridized carbons (Fsp3) is 0.458. The molecule has 2 amide bonds. The van der Waals surface area contributed by atoms with Crippen molar-refractivity contribution in [3.63, 3.8) is 0 Å². The third kappa shape index (κ3) is 4.04. The Morgan fingerprint density at radius 3 is 2.31 bits per heavy atom. The third-order valence-electron chi connectivity index (χ3n) is 6.22. The smallest absolute Gasteiger partial charge is 0.318 e. The molecule has 0 saturated heterocycles. The number of rotatable bonds is 4. The zero-order valence-corrected chi connectivity index (χ0v) is 17.6. The van der Waals surface area contributed by atoms with E-state index in [1.807, 2.05) is 17.0 Å². The highest BCUT2D eigenvalue weighted by Crippen LogP contribution is 2.33. The fourth-order valence-electron chi connectivity index (χ4n) is 4.44. The van der Waals surface area contributed by atoms with E-state index in [1.54, 1.807) is 14.2 Å². The van der Waals surface area contributed by atoms with Crippen LogP contribution < -0.4 is 14.8 Å². The van der Waals surface area contributed by atoms with Crippen molar-refractivity contribution in [2.45, 2.75) is 51.6 Å². The topological polar surface area (TPSA) is 50.8 Å². The number of carbonyl (C=O) groups excluding carboxylic acids is 1. The van der Waals surface area contributed by atoms with Crippen molar-refractivity contribution in [2.24, 2.45) is 0 Å². The first-order valence-electron chi connectivity index (χ1n) is 10.5. The van der Waals surface area contributed by atoms with Crippen LogP contribution in [0.15, 0.2) is 30.3 Å². The van der Waals surface area contributed by atoms with Crippen LogP contribution in [-0.4, -0.2) is 31.7 Å². The summed E-state index contributed by atoms with van der Waals surface area (Å²) in [7, 11) is 3.28. The van der Waals surface area contributed by atoms with Crippen molar-refractivity contribution < 1.29 is 14.3 Å². The van der Waals surface area contributed by atoms with Crippen LogP contribution in [0.4, 0.5) is 4.79 Å². The molecule has 1 heterocycles. The summed E-state index contributed by atoms with van der Waals surface area (Å²) in [5, 5.41) is 3.19. The summed E-state index contributed by atoms with van der Waals surface area (Å²) in [5.41, 5.74) is 6.43. The van der Waals surface area contributed by atoms with Gasteiger partial charge in [-0.25, -0.2) is 4.79 Å². The zero-order valence-electron chi connectivity index (χ0n) is 17.6. The molecule has 1 aliphatic carbocycles. The van der Waals surface area contributed by atoms with E-state index >= 15 is 0 Å². The summed E-state index contributed by atoms with van der Waals surface area (Å²) in [6, 6.07) is 10.7. The Morgan fingerprint density at radius 2 is 1.59 bits per heavy atom. The van der Waals surface area contributed by atoms with Gasteiger partial charge in [-0.1, -0.05) is 18.2 Å². The van der Waals surface area contributed by atoms with Crippen LogP contribution in [0.25, 0.3) is 0 Å². The van der Waals surface area contributed by atoms with Gasteiger partial charge in [-0.2, -0.15) is 0 Å². The molecule has 2 aliphatic rings. The number of nitrogens with zero attached hydrogens (tertiary/aromatic N) is 1. The molecule has 4 rings (SSSR count). The van der Waals surface area contributed by atoms with Gasteiger partial charge in [-0.05, 0) is 79.0 Å². The number of fused-ring (bicyclic) bond motifs is 2. The number of methoxy groups -OCH3 is 2. The van der Waals surface area contributed by atoms with E-state index in [1.165, 1.54) is 41.5 Å². The molecule has 1 atom stereocenters. The predicted molar refractivity (Wildman–Crippen MR) is 114 cm³/mol. The Balaban J connectivity index is 1.44. The van der Waals surface area contributed by atoms with Crippen molar-refractivity contribution in [1.29, 1.82) is 0 Å². The largest absolute Gasteiger partial charge is 0.493 e. The minimum atomic E-state index is -0.0179. The maximum Gasteiger partial charge on any atom is 0.318 e. The van der Waals surface area contributed by atoms with Crippen molar-refractivity contribution in [1.82, 2.24) is 10.2 Å². The lowest BCUT2D eigenvalue weighted by Crippen LogP contribution is -2.43. The van der Waals surface area contributed by atoms with Gasteiger partial charge in [-0.15, -0.1) is 0 Å². The number of hydrogen-bond acceptors (Lipinski definition) is 3. The highest BCUT2D eigenvalue weighted by atomic mass is 16.5. The average Bonchev–Trinajstić information content (AvgIpc) is 2.77. The van der Waals surface area contributed by atoms with Crippen LogP contribution in [0.3, 0.4) is 0 Å². The Hall–Kier alpha value is -2.69. The molecule has 0 spiro atoms. The van der Waals surface area contributed by atoms with Gasteiger partial charge in [0, 0.05) is 13.1 Å². The summed E-state index contributed by atoms with van der Waals surface area (Å²) in [6.45, 7) is 3.35. The first kappa shape index (κ1) is 19.6. The molecule has 154 valence electrons. The summed E-state index contributed by atoms with van der Waals surface area (Å²) in [6.07, 6.45) is 5.69. The van der Waals surface area contributed by atoms with Crippen LogP contribution in [0.2, 0.25) is 0 Å². The average molecular weight is 395 g/mol. The molecule has 0 fully saturated rings. The SMILES string of the molecule is COc1cc2c(cc1OC)CN(C(=O)NC(C)c1ccc3c(c1)CCCC3)CC2. The quantitative estimate of drug-likeness (QED) is 0.836. The van der Waals surface area contributed by atoms with Crippen LogP contribution in [0.1, 0.15) is 53.6 Å². The molecular formula is C24H30N2O3. The molecule has 2 aromatic rings. The number of aryl methyl sites for hydroxylation is 2. The molecule has 5 heteroatoms. The maximum atomic E-state index is 12.9. The first-order valence-corrected chi connectivity index (χ1v) is 10.5. The Bertz CT molecular complexity index is 909. The number of benzene rings is 2. The van der Waals surface area contributed by atoms with Crippen molar-refractivity contribution in [3.8, 4) is 11.5 Å². The van der Waals surface area contributed by atoms with Crippen molar-refractivity contribution in [3.05, 3.63) is 58.1 Å². The van der Waals surface area contributed by atoms with Crippen LogP contribution in [0, 0.1) is 0 Å². The fourth-order valence-corrected chi connectivity index (χ4v) is 4.44. The van der Waals surface area contributed by atoms with Gasteiger partial charge in [0.25, 0.3) is 0 Å². The predicted octanol–water partition coefficient (Wildman–Crippen LogP) is 4.41. The second-order valence-electron chi connectivity index (χ2n) is 8.05. The van der Waals surface area contributed by atoms with E-state index in [9.17, 15) is 4.79 Å². The van der Waals surface area contributed by atoms with Gasteiger partial charge in [0.1, 0.15) is 0 Å². The Labute approximate surface area is 173 Å². The monoisotopic (exact) mass is 394 g/mol. The molecule has 0 saturated carbocycles. The summed E-state index contributed by atoms with van der Waals surface area (Å²) in [5.74, 6) is 1.45. The number of nitrogens with one attached hydrogen (secondary N) is 1. The minimum absolute atomic E-state index is 0.0125. The van der Waals surface area contributed by atoms with Crippen LogP contribution in [0.5, 0.6) is 11.5 Å². The molecule has 5 nitrogen and oxygen atoms in total. The molecule has 1 N–H and O–H groups in total. The molecule has 1 unspecified atom stereocenters. The second kappa shape index (κ2) is 8.36. The molecule has 29 heavy (non-hydrogen) atoms. The van der Waals surface area contributed by atoms with E-state index in [2.05, 4.69) is 30.4 Å². The summed E-state index contributed by atoms with van der Waals surface area (Å²) in [4.78, 5) is 14.8. The molecule has 0 bridgehead atoms. The molecule has 0 aromatic heterocycles. The minimum Gasteiger partial charge on any atom is -0.493 e. The highest BCUT2D eigenvalue weighted by Gasteiger charge is 2.24. The second-order valence-corrected chi connectivity index (χ2v) is 8.05. The summed E-state index contributed by atoms with van der Waals surface area (Å²) >= 11 is 0. The van der Waals surface area contributed by atoms with Crippen LogP contribution >= 0.6 is 0 Å². The molecule has 1 aliphatic heterocycles.